The maximum atomic E-state index is 13.2. The Balaban J connectivity index is 1.25. The van der Waals surface area contributed by atoms with Crippen molar-refractivity contribution in [1.29, 1.82) is 0 Å². The van der Waals surface area contributed by atoms with Gasteiger partial charge in [0, 0.05) is 49.2 Å². The van der Waals surface area contributed by atoms with Gasteiger partial charge in [0.1, 0.15) is 11.6 Å². The number of ether oxygens (including phenoxy) is 1. The molecule has 0 aliphatic carbocycles. The quantitative estimate of drug-likeness (QED) is 0.436. The number of hydrogen-bond acceptors (Lipinski definition) is 6. The molecule has 0 spiro atoms. The molecule has 168 valence electrons. The molecule has 4 aromatic rings. The molecule has 1 aliphatic heterocycles. The first-order valence-corrected chi connectivity index (χ1v) is 11.9. The van der Waals surface area contributed by atoms with Crippen LogP contribution in [-0.2, 0) is 6.42 Å². The van der Waals surface area contributed by atoms with Crippen molar-refractivity contribution in [1.82, 2.24) is 14.3 Å². The lowest BCUT2D eigenvalue weighted by molar-refractivity contribution is 0.0674. The fraction of sp³-hybridized carbons (Fsp3) is 0.269. The number of anilines is 1. The van der Waals surface area contributed by atoms with Gasteiger partial charge in [-0.3, -0.25) is 4.79 Å². The summed E-state index contributed by atoms with van der Waals surface area (Å²) < 4.78 is 9.87. The van der Waals surface area contributed by atoms with Crippen LogP contribution >= 0.6 is 11.5 Å². The van der Waals surface area contributed by atoms with E-state index in [1.807, 2.05) is 59.5 Å². The number of fused-ring (bicyclic) bond motifs is 1. The van der Waals surface area contributed by atoms with E-state index < -0.39 is 0 Å². The molecule has 5 rings (SSSR count). The van der Waals surface area contributed by atoms with Crippen molar-refractivity contribution >= 4 is 33.3 Å². The van der Waals surface area contributed by atoms with Crippen LogP contribution in [0, 0.1) is 0 Å². The molecule has 1 fully saturated rings. The highest BCUT2D eigenvalue weighted by atomic mass is 32.1. The highest BCUT2D eigenvalue weighted by Crippen LogP contribution is 2.25. The second kappa shape index (κ2) is 9.19. The standard InChI is InChI=1S/C26H26N4O2S/c1-18-17-29(26-27-24(28-33-26)15-19-6-5-9-23(14-19)32-2)12-13-30(18)25(31)22-11-10-20-7-3-4-8-21(20)16-22/h3-11,14,16,18H,12-13,15,17H2,1-2H3. The summed E-state index contributed by atoms with van der Waals surface area (Å²) in [7, 11) is 1.67. The molecule has 1 aromatic heterocycles. The van der Waals surface area contributed by atoms with Crippen LogP contribution in [-0.4, -0.2) is 53.0 Å². The summed E-state index contributed by atoms with van der Waals surface area (Å²) in [5.41, 5.74) is 1.86. The van der Waals surface area contributed by atoms with Crippen LogP contribution in [0.2, 0.25) is 0 Å². The van der Waals surface area contributed by atoms with Gasteiger partial charge in [0.15, 0.2) is 0 Å². The molecule has 1 saturated heterocycles. The second-order valence-electron chi connectivity index (χ2n) is 8.38. The Hall–Kier alpha value is -3.45. The van der Waals surface area contributed by atoms with Gasteiger partial charge in [0.2, 0.25) is 5.13 Å². The van der Waals surface area contributed by atoms with Crippen LogP contribution in [0.1, 0.15) is 28.7 Å². The van der Waals surface area contributed by atoms with Crippen molar-refractivity contribution in [2.75, 3.05) is 31.6 Å². The minimum Gasteiger partial charge on any atom is -0.497 e. The summed E-state index contributed by atoms with van der Waals surface area (Å²) in [5.74, 6) is 1.73. The van der Waals surface area contributed by atoms with E-state index in [-0.39, 0.29) is 11.9 Å². The molecular weight excluding hydrogens is 432 g/mol. The summed E-state index contributed by atoms with van der Waals surface area (Å²) in [6.07, 6.45) is 0.670. The van der Waals surface area contributed by atoms with Crippen LogP contribution in [0.5, 0.6) is 5.75 Å². The Morgan fingerprint density at radius 2 is 1.91 bits per heavy atom. The van der Waals surface area contributed by atoms with Gasteiger partial charge in [0.05, 0.1) is 7.11 Å². The molecule has 0 saturated carbocycles. The van der Waals surface area contributed by atoms with Crippen LogP contribution in [0.25, 0.3) is 10.8 Å². The summed E-state index contributed by atoms with van der Waals surface area (Å²) in [5, 5.41) is 3.15. The molecular formula is C26H26N4O2S. The molecule has 2 heterocycles. The largest absolute Gasteiger partial charge is 0.497 e. The van der Waals surface area contributed by atoms with E-state index in [1.165, 1.54) is 11.5 Å². The van der Waals surface area contributed by atoms with Gasteiger partial charge in [-0.2, -0.15) is 4.37 Å². The van der Waals surface area contributed by atoms with Crippen LogP contribution in [0.4, 0.5) is 5.13 Å². The summed E-state index contributed by atoms with van der Waals surface area (Å²) in [4.78, 5) is 22.2. The highest BCUT2D eigenvalue weighted by Gasteiger charge is 2.29. The number of methoxy groups -OCH3 is 1. The van der Waals surface area contributed by atoms with Gasteiger partial charge in [-0.25, -0.2) is 4.98 Å². The Labute approximate surface area is 197 Å². The molecule has 1 aliphatic rings. The number of benzene rings is 3. The molecule has 3 aromatic carbocycles. The van der Waals surface area contributed by atoms with Crippen molar-refractivity contribution in [3.05, 3.63) is 83.7 Å². The highest BCUT2D eigenvalue weighted by molar-refractivity contribution is 7.09. The third-order valence-electron chi connectivity index (χ3n) is 6.11. The van der Waals surface area contributed by atoms with Crippen LogP contribution in [0.15, 0.2) is 66.7 Å². The Morgan fingerprint density at radius 1 is 1.06 bits per heavy atom. The van der Waals surface area contributed by atoms with Gasteiger partial charge < -0.3 is 14.5 Å². The number of hydrogen-bond donors (Lipinski definition) is 0. The molecule has 33 heavy (non-hydrogen) atoms. The van der Waals surface area contributed by atoms with E-state index in [1.54, 1.807) is 7.11 Å². The minimum atomic E-state index is 0.0865. The smallest absolute Gasteiger partial charge is 0.254 e. The van der Waals surface area contributed by atoms with Gasteiger partial charge in [0.25, 0.3) is 5.91 Å². The number of nitrogens with zero attached hydrogens (tertiary/aromatic N) is 4. The third-order valence-corrected chi connectivity index (χ3v) is 6.92. The topological polar surface area (TPSA) is 58.6 Å². The summed E-state index contributed by atoms with van der Waals surface area (Å²) in [6, 6.07) is 22.1. The maximum Gasteiger partial charge on any atom is 0.254 e. The summed E-state index contributed by atoms with van der Waals surface area (Å²) in [6.45, 7) is 4.26. The van der Waals surface area contributed by atoms with E-state index in [2.05, 4.69) is 28.3 Å². The number of piperazine rings is 1. The predicted octanol–water partition coefficient (Wildman–Crippen LogP) is 4.64. The Morgan fingerprint density at radius 3 is 2.73 bits per heavy atom. The second-order valence-corrected chi connectivity index (χ2v) is 9.11. The lowest BCUT2D eigenvalue weighted by atomic mass is 10.0. The predicted molar refractivity (Wildman–Crippen MR) is 132 cm³/mol. The molecule has 1 atom stereocenters. The summed E-state index contributed by atoms with van der Waals surface area (Å²) >= 11 is 1.42. The lowest BCUT2D eigenvalue weighted by Crippen LogP contribution is -2.54. The van der Waals surface area contributed by atoms with Gasteiger partial charge in [-0.05, 0) is 47.5 Å². The van der Waals surface area contributed by atoms with E-state index in [0.717, 1.165) is 51.7 Å². The van der Waals surface area contributed by atoms with E-state index >= 15 is 0 Å². The molecule has 0 radical (unpaired) electrons. The molecule has 1 unspecified atom stereocenters. The number of carbonyl (C=O) groups excluding carboxylic acids is 1. The van der Waals surface area contributed by atoms with Crippen LogP contribution in [0.3, 0.4) is 0 Å². The zero-order valence-corrected chi connectivity index (χ0v) is 19.6. The van der Waals surface area contributed by atoms with Gasteiger partial charge in [-0.1, -0.05) is 42.5 Å². The Bertz CT molecular complexity index is 1290. The SMILES string of the molecule is COc1cccc(Cc2nsc(N3CCN(C(=O)c4ccc5ccccc5c4)C(C)C3)n2)c1. The first kappa shape index (κ1) is 21.4. The van der Waals surface area contributed by atoms with Crippen LogP contribution < -0.4 is 9.64 Å². The van der Waals surface area contributed by atoms with E-state index in [0.29, 0.717) is 13.0 Å². The zero-order valence-electron chi connectivity index (χ0n) is 18.8. The van der Waals surface area contributed by atoms with Gasteiger partial charge in [-0.15, -0.1) is 0 Å². The first-order valence-electron chi connectivity index (χ1n) is 11.1. The van der Waals surface area contributed by atoms with Crippen molar-refractivity contribution in [3.8, 4) is 5.75 Å². The van der Waals surface area contributed by atoms with Gasteiger partial charge >= 0.3 is 0 Å². The van der Waals surface area contributed by atoms with Crippen molar-refractivity contribution in [3.63, 3.8) is 0 Å². The van der Waals surface area contributed by atoms with Crippen molar-refractivity contribution in [2.45, 2.75) is 19.4 Å². The number of rotatable bonds is 5. The molecule has 0 N–H and O–H groups in total. The number of aromatic nitrogens is 2. The third kappa shape index (κ3) is 4.54. The normalized spacial score (nSPS) is 16.2. The molecule has 6 nitrogen and oxygen atoms in total. The average molecular weight is 459 g/mol. The first-order chi connectivity index (χ1) is 16.1. The van der Waals surface area contributed by atoms with E-state index in [9.17, 15) is 4.79 Å². The van der Waals surface area contributed by atoms with E-state index in [4.69, 9.17) is 9.72 Å². The van der Waals surface area contributed by atoms with Crippen molar-refractivity contribution < 1.29 is 9.53 Å². The number of amides is 1. The fourth-order valence-electron chi connectivity index (χ4n) is 4.33. The maximum absolute atomic E-state index is 13.2. The molecule has 1 amide bonds. The lowest BCUT2D eigenvalue weighted by Gasteiger charge is -2.39. The monoisotopic (exact) mass is 458 g/mol. The minimum absolute atomic E-state index is 0.0865. The zero-order chi connectivity index (χ0) is 22.8. The average Bonchev–Trinajstić information content (AvgIpc) is 3.32. The Kier molecular flexibility index (Phi) is 5.96. The number of carbonyl (C=O) groups is 1. The van der Waals surface area contributed by atoms with Crippen molar-refractivity contribution in [2.24, 2.45) is 0 Å². The molecule has 0 bridgehead atoms. The fourth-order valence-corrected chi connectivity index (χ4v) is 5.05. The molecule has 7 heteroatoms.